The SMILES string of the molecule is CCOC1=CCC(SC2C[C@@H]2C)C=C1. The second kappa shape index (κ2) is 4.43. The van der Waals surface area contributed by atoms with Crippen LogP contribution in [0.15, 0.2) is 24.0 Å². The molecule has 2 unspecified atom stereocenters. The van der Waals surface area contributed by atoms with Crippen LogP contribution in [0.5, 0.6) is 0 Å². The van der Waals surface area contributed by atoms with Gasteiger partial charge in [0.25, 0.3) is 0 Å². The Morgan fingerprint density at radius 3 is 2.86 bits per heavy atom. The van der Waals surface area contributed by atoms with Crippen molar-refractivity contribution < 1.29 is 4.74 Å². The average molecular weight is 210 g/mol. The maximum Gasteiger partial charge on any atom is 0.115 e. The van der Waals surface area contributed by atoms with Crippen LogP contribution >= 0.6 is 11.8 Å². The molecule has 0 radical (unpaired) electrons. The fourth-order valence-corrected chi connectivity index (χ4v) is 3.17. The maximum atomic E-state index is 5.44. The van der Waals surface area contributed by atoms with E-state index in [0.717, 1.165) is 30.0 Å². The van der Waals surface area contributed by atoms with Gasteiger partial charge in [-0.1, -0.05) is 13.0 Å². The molecule has 0 aliphatic heterocycles. The van der Waals surface area contributed by atoms with Gasteiger partial charge in [-0.2, -0.15) is 11.8 Å². The van der Waals surface area contributed by atoms with Gasteiger partial charge in [0.1, 0.15) is 5.76 Å². The molecule has 0 aromatic rings. The van der Waals surface area contributed by atoms with Gasteiger partial charge >= 0.3 is 0 Å². The van der Waals surface area contributed by atoms with Crippen molar-refractivity contribution in [2.45, 2.75) is 37.2 Å². The molecule has 0 bridgehead atoms. The molecule has 2 aliphatic rings. The van der Waals surface area contributed by atoms with Gasteiger partial charge < -0.3 is 4.74 Å². The van der Waals surface area contributed by atoms with Gasteiger partial charge in [0.2, 0.25) is 0 Å². The van der Waals surface area contributed by atoms with Crippen molar-refractivity contribution in [2.24, 2.45) is 5.92 Å². The van der Waals surface area contributed by atoms with Crippen LogP contribution in [0.1, 0.15) is 26.7 Å². The predicted octanol–water partition coefficient (Wildman–Crippen LogP) is 3.38. The summed E-state index contributed by atoms with van der Waals surface area (Å²) in [6.07, 6.45) is 9.18. The Bertz CT molecular complexity index is 257. The second-order valence-corrected chi connectivity index (χ2v) is 5.54. The van der Waals surface area contributed by atoms with E-state index in [1.54, 1.807) is 0 Å². The molecule has 1 nitrogen and oxygen atoms in total. The van der Waals surface area contributed by atoms with E-state index in [4.69, 9.17) is 4.74 Å². The van der Waals surface area contributed by atoms with Gasteiger partial charge in [0.05, 0.1) is 6.61 Å². The normalized spacial score (nSPS) is 35.3. The van der Waals surface area contributed by atoms with Crippen molar-refractivity contribution in [2.75, 3.05) is 6.61 Å². The van der Waals surface area contributed by atoms with E-state index in [0.29, 0.717) is 5.25 Å². The van der Waals surface area contributed by atoms with E-state index in [2.05, 4.69) is 36.9 Å². The van der Waals surface area contributed by atoms with Gasteiger partial charge in [-0.25, -0.2) is 0 Å². The molecule has 0 spiro atoms. The fourth-order valence-electron chi connectivity index (χ4n) is 1.66. The summed E-state index contributed by atoms with van der Waals surface area (Å²) in [5, 5.41) is 1.61. The first-order valence-electron chi connectivity index (χ1n) is 5.46. The summed E-state index contributed by atoms with van der Waals surface area (Å²) in [6, 6.07) is 0. The summed E-state index contributed by atoms with van der Waals surface area (Å²) < 4.78 is 5.44. The van der Waals surface area contributed by atoms with Crippen molar-refractivity contribution in [3.63, 3.8) is 0 Å². The van der Waals surface area contributed by atoms with E-state index in [1.807, 2.05) is 6.92 Å². The van der Waals surface area contributed by atoms with Crippen molar-refractivity contribution in [1.29, 1.82) is 0 Å². The summed E-state index contributed by atoms with van der Waals surface area (Å²) >= 11 is 2.13. The third-order valence-electron chi connectivity index (χ3n) is 2.72. The lowest BCUT2D eigenvalue weighted by atomic mass is 10.2. The third kappa shape index (κ3) is 2.57. The molecular formula is C12H18OS. The zero-order chi connectivity index (χ0) is 9.97. The first-order valence-corrected chi connectivity index (χ1v) is 6.40. The van der Waals surface area contributed by atoms with Gasteiger partial charge in [-0.15, -0.1) is 0 Å². The number of ether oxygens (including phenoxy) is 1. The lowest BCUT2D eigenvalue weighted by Crippen LogP contribution is -2.04. The topological polar surface area (TPSA) is 9.23 Å². The Balaban J connectivity index is 1.76. The molecule has 0 aromatic carbocycles. The molecule has 14 heavy (non-hydrogen) atoms. The molecule has 2 rings (SSSR count). The van der Waals surface area contributed by atoms with Crippen LogP contribution in [0.3, 0.4) is 0 Å². The molecule has 0 aromatic heterocycles. The summed E-state index contributed by atoms with van der Waals surface area (Å²) in [5.41, 5.74) is 0. The molecule has 2 aliphatic carbocycles. The van der Waals surface area contributed by atoms with Gasteiger partial charge in [-0.05, 0) is 37.8 Å². The second-order valence-electron chi connectivity index (χ2n) is 4.06. The summed E-state index contributed by atoms with van der Waals surface area (Å²) in [7, 11) is 0. The molecule has 0 N–H and O–H groups in total. The highest BCUT2D eigenvalue weighted by atomic mass is 32.2. The molecule has 0 amide bonds. The summed E-state index contributed by atoms with van der Waals surface area (Å²) in [6.45, 7) is 5.14. The highest BCUT2D eigenvalue weighted by Crippen LogP contribution is 2.44. The Hall–Kier alpha value is -0.370. The smallest absolute Gasteiger partial charge is 0.115 e. The lowest BCUT2D eigenvalue weighted by molar-refractivity contribution is 0.240. The average Bonchev–Trinajstić information content (AvgIpc) is 2.86. The highest BCUT2D eigenvalue weighted by Gasteiger charge is 2.34. The number of thioether (sulfide) groups is 1. The lowest BCUT2D eigenvalue weighted by Gasteiger charge is -2.15. The standard InChI is InChI=1S/C12H18OS/c1-3-13-10-4-6-11(7-5-10)14-12-8-9(12)2/h4-6,9,11-12H,3,7-8H2,1-2H3/t9-,11?,12?/m0/s1. The maximum absolute atomic E-state index is 5.44. The third-order valence-corrected chi connectivity index (χ3v) is 4.43. The Kier molecular flexibility index (Phi) is 3.22. The minimum atomic E-state index is 0.689. The van der Waals surface area contributed by atoms with Crippen LogP contribution in [-0.2, 0) is 4.74 Å². The van der Waals surface area contributed by atoms with E-state index in [9.17, 15) is 0 Å². The Morgan fingerprint density at radius 2 is 2.36 bits per heavy atom. The van der Waals surface area contributed by atoms with Crippen LogP contribution in [0.4, 0.5) is 0 Å². The van der Waals surface area contributed by atoms with Crippen molar-refractivity contribution in [3.8, 4) is 0 Å². The quantitative estimate of drug-likeness (QED) is 0.703. The first-order chi connectivity index (χ1) is 6.79. The van der Waals surface area contributed by atoms with Crippen LogP contribution < -0.4 is 0 Å². The van der Waals surface area contributed by atoms with Gasteiger partial charge in [-0.3, -0.25) is 0 Å². The molecular weight excluding hydrogens is 192 g/mol. The summed E-state index contributed by atoms with van der Waals surface area (Å²) in [4.78, 5) is 0. The van der Waals surface area contributed by atoms with Crippen molar-refractivity contribution in [3.05, 3.63) is 24.0 Å². The molecule has 78 valence electrons. The highest BCUT2D eigenvalue weighted by molar-refractivity contribution is 8.00. The number of allylic oxidation sites excluding steroid dienone is 2. The molecule has 0 saturated heterocycles. The minimum absolute atomic E-state index is 0.689. The molecule has 2 heteroatoms. The van der Waals surface area contributed by atoms with Gasteiger partial charge in [0, 0.05) is 10.5 Å². The fraction of sp³-hybridized carbons (Fsp3) is 0.667. The predicted molar refractivity (Wildman–Crippen MR) is 62.4 cm³/mol. The van der Waals surface area contributed by atoms with Crippen LogP contribution in [0, 0.1) is 5.92 Å². The van der Waals surface area contributed by atoms with E-state index in [1.165, 1.54) is 6.42 Å². The molecule has 1 fully saturated rings. The van der Waals surface area contributed by atoms with E-state index < -0.39 is 0 Å². The minimum Gasteiger partial charge on any atom is -0.494 e. The Morgan fingerprint density at radius 1 is 1.57 bits per heavy atom. The van der Waals surface area contributed by atoms with E-state index in [-0.39, 0.29) is 0 Å². The molecule has 3 atom stereocenters. The molecule has 0 heterocycles. The number of hydrogen-bond acceptors (Lipinski definition) is 2. The van der Waals surface area contributed by atoms with Gasteiger partial charge in [0.15, 0.2) is 0 Å². The van der Waals surface area contributed by atoms with Crippen LogP contribution in [-0.4, -0.2) is 17.1 Å². The Labute approximate surface area is 90.6 Å². The molecule has 1 saturated carbocycles. The van der Waals surface area contributed by atoms with E-state index >= 15 is 0 Å². The van der Waals surface area contributed by atoms with Crippen molar-refractivity contribution in [1.82, 2.24) is 0 Å². The largest absolute Gasteiger partial charge is 0.494 e. The summed E-state index contributed by atoms with van der Waals surface area (Å²) in [5.74, 6) is 2.00. The first kappa shape index (κ1) is 10.2. The zero-order valence-electron chi connectivity index (χ0n) is 8.90. The number of hydrogen-bond donors (Lipinski definition) is 0. The monoisotopic (exact) mass is 210 g/mol. The zero-order valence-corrected chi connectivity index (χ0v) is 9.72. The van der Waals surface area contributed by atoms with Crippen LogP contribution in [0.25, 0.3) is 0 Å². The van der Waals surface area contributed by atoms with Crippen LogP contribution in [0.2, 0.25) is 0 Å². The van der Waals surface area contributed by atoms with Crippen molar-refractivity contribution >= 4 is 11.8 Å². The number of rotatable bonds is 4.